The fourth-order valence-electron chi connectivity index (χ4n) is 2.89. The molecule has 2 aromatic carbocycles. The average molecular weight is 413 g/mol. The monoisotopic (exact) mass is 413 g/mol. The van der Waals surface area contributed by atoms with E-state index in [2.05, 4.69) is 5.32 Å². The molecule has 3 rings (SSSR count). The summed E-state index contributed by atoms with van der Waals surface area (Å²) in [6.45, 7) is 0.700. The molecule has 0 atom stereocenters. The minimum atomic E-state index is -3.82. The molecule has 0 bridgehead atoms. The van der Waals surface area contributed by atoms with E-state index in [0.29, 0.717) is 0 Å². The molecule has 0 spiro atoms. The first kappa shape index (κ1) is 20.3. The molecule has 0 unspecified atom stereocenters. The lowest BCUT2D eigenvalue weighted by Gasteiger charge is -2.33. The maximum Gasteiger partial charge on any atom is 0.243 e. The quantitative estimate of drug-likeness (QED) is 0.815. The molecule has 150 valence electrons. The van der Waals surface area contributed by atoms with E-state index in [1.54, 1.807) is 4.90 Å². The maximum atomic E-state index is 13.6. The second-order valence-corrected chi connectivity index (χ2v) is 8.25. The van der Waals surface area contributed by atoms with Crippen LogP contribution in [0.25, 0.3) is 0 Å². The fourth-order valence-corrected chi connectivity index (χ4v) is 4.34. The van der Waals surface area contributed by atoms with Gasteiger partial charge in [0.05, 0.1) is 17.1 Å². The number of nitrogens with one attached hydrogen (secondary N) is 1. The van der Waals surface area contributed by atoms with Gasteiger partial charge in [-0.25, -0.2) is 21.6 Å². The van der Waals surface area contributed by atoms with Gasteiger partial charge in [-0.3, -0.25) is 9.69 Å². The van der Waals surface area contributed by atoms with Crippen LogP contribution in [0.3, 0.4) is 0 Å². The first-order chi connectivity index (χ1) is 13.3. The van der Waals surface area contributed by atoms with Crippen LogP contribution in [0.2, 0.25) is 0 Å². The van der Waals surface area contributed by atoms with Crippen LogP contribution in [0.5, 0.6) is 0 Å². The van der Waals surface area contributed by atoms with Gasteiger partial charge in [-0.2, -0.15) is 4.31 Å². The van der Waals surface area contributed by atoms with Gasteiger partial charge in [0.25, 0.3) is 0 Å². The number of benzene rings is 2. The second-order valence-electron chi connectivity index (χ2n) is 6.31. The molecule has 2 aromatic rings. The Labute approximate surface area is 160 Å². The molecule has 1 heterocycles. The van der Waals surface area contributed by atoms with E-state index in [0.717, 1.165) is 30.3 Å². The van der Waals surface area contributed by atoms with Crippen LogP contribution in [-0.2, 0) is 14.8 Å². The molecule has 1 fully saturated rings. The van der Waals surface area contributed by atoms with Crippen LogP contribution in [0.1, 0.15) is 0 Å². The first-order valence-corrected chi connectivity index (χ1v) is 9.93. The smallest absolute Gasteiger partial charge is 0.243 e. The Morgan fingerprint density at radius 1 is 0.964 bits per heavy atom. The normalized spacial score (nSPS) is 16.1. The predicted octanol–water partition coefficient (Wildman–Crippen LogP) is 2.05. The third-order valence-corrected chi connectivity index (χ3v) is 6.23. The second kappa shape index (κ2) is 8.29. The van der Waals surface area contributed by atoms with Gasteiger partial charge < -0.3 is 5.32 Å². The van der Waals surface area contributed by atoms with Crippen molar-refractivity contribution in [1.29, 1.82) is 0 Å². The zero-order chi connectivity index (χ0) is 20.3. The Kier molecular flexibility index (Phi) is 6.01. The van der Waals surface area contributed by atoms with Gasteiger partial charge in [0, 0.05) is 32.2 Å². The molecule has 6 nitrogen and oxygen atoms in total. The van der Waals surface area contributed by atoms with Crippen molar-refractivity contribution in [3.05, 3.63) is 59.9 Å². The fraction of sp³-hybridized carbons (Fsp3) is 0.278. The predicted molar refractivity (Wildman–Crippen MR) is 96.6 cm³/mol. The summed E-state index contributed by atoms with van der Waals surface area (Å²) in [5.41, 5.74) is -0.252. The molecule has 28 heavy (non-hydrogen) atoms. The van der Waals surface area contributed by atoms with Crippen LogP contribution < -0.4 is 5.32 Å². The highest BCUT2D eigenvalue weighted by atomic mass is 32.2. The van der Waals surface area contributed by atoms with Crippen molar-refractivity contribution in [2.75, 3.05) is 38.0 Å². The molecule has 0 saturated carbocycles. The zero-order valence-electron chi connectivity index (χ0n) is 14.7. The van der Waals surface area contributed by atoms with Crippen molar-refractivity contribution in [1.82, 2.24) is 9.21 Å². The van der Waals surface area contributed by atoms with Crippen LogP contribution >= 0.6 is 0 Å². The van der Waals surface area contributed by atoms with E-state index in [-0.39, 0.29) is 43.3 Å². The number of sulfonamides is 1. The van der Waals surface area contributed by atoms with E-state index in [4.69, 9.17) is 0 Å². The number of carbonyl (C=O) groups is 1. The maximum absolute atomic E-state index is 13.6. The summed E-state index contributed by atoms with van der Waals surface area (Å²) in [7, 11) is -3.82. The molecule has 1 aliphatic heterocycles. The highest BCUT2D eigenvalue weighted by Crippen LogP contribution is 2.19. The minimum Gasteiger partial charge on any atom is -0.322 e. The first-order valence-electron chi connectivity index (χ1n) is 8.49. The summed E-state index contributed by atoms with van der Waals surface area (Å²) in [6.07, 6.45) is 0. The van der Waals surface area contributed by atoms with Crippen molar-refractivity contribution in [3.8, 4) is 0 Å². The number of halogens is 3. The molecular formula is C18H18F3N3O3S. The molecular weight excluding hydrogens is 395 g/mol. The van der Waals surface area contributed by atoms with Gasteiger partial charge in [0.15, 0.2) is 0 Å². The Bertz CT molecular complexity index is 977. The lowest BCUT2D eigenvalue weighted by molar-refractivity contribution is -0.117. The number of carbonyl (C=O) groups excluding carboxylic acids is 1. The number of anilines is 1. The van der Waals surface area contributed by atoms with Crippen LogP contribution in [0, 0.1) is 17.5 Å². The molecule has 1 saturated heterocycles. The summed E-state index contributed by atoms with van der Waals surface area (Å²) >= 11 is 0. The number of hydrogen-bond donors (Lipinski definition) is 1. The number of amides is 1. The highest BCUT2D eigenvalue weighted by Gasteiger charge is 2.29. The molecule has 1 N–H and O–H groups in total. The zero-order valence-corrected chi connectivity index (χ0v) is 15.6. The summed E-state index contributed by atoms with van der Waals surface area (Å²) in [5, 5.41) is 2.30. The van der Waals surface area contributed by atoms with Crippen molar-refractivity contribution in [2.24, 2.45) is 0 Å². The van der Waals surface area contributed by atoms with Gasteiger partial charge in [0.2, 0.25) is 15.9 Å². The van der Waals surface area contributed by atoms with Gasteiger partial charge in [-0.05, 0) is 30.3 Å². The van der Waals surface area contributed by atoms with E-state index in [1.165, 1.54) is 16.4 Å². The Morgan fingerprint density at radius 3 is 2.32 bits per heavy atom. The molecule has 1 amide bonds. The van der Waals surface area contributed by atoms with Crippen molar-refractivity contribution >= 4 is 21.6 Å². The summed E-state index contributed by atoms with van der Waals surface area (Å²) < 4.78 is 66.4. The lowest BCUT2D eigenvalue weighted by atomic mass is 10.3. The summed E-state index contributed by atoms with van der Waals surface area (Å²) in [4.78, 5) is 13.6. The van der Waals surface area contributed by atoms with Crippen molar-refractivity contribution < 1.29 is 26.4 Å². The van der Waals surface area contributed by atoms with Gasteiger partial charge in [-0.1, -0.05) is 6.07 Å². The largest absolute Gasteiger partial charge is 0.322 e. The number of rotatable bonds is 5. The Balaban J connectivity index is 1.56. The van der Waals surface area contributed by atoms with E-state index < -0.39 is 33.4 Å². The molecule has 0 aliphatic carbocycles. The molecule has 1 aliphatic rings. The number of piperazine rings is 1. The number of nitrogens with zero attached hydrogens (tertiary/aromatic N) is 2. The molecule has 10 heteroatoms. The number of hydrogen-bond acceptors (Lipinski definition) is 4. The van der Waals surface area contributed by atoms with E-state index >= 15 is 0 Å². The van der Waals surface area contributed by atoms with Gasteiger partial charge in [-0.15, -0.1) is 0 Å². The van der Waals surface area contributed by atoms with E-state index in [9.17, 15) is 26.4 Å². The Morgan fingerprint density at radius 2 is 1.64 bits per heavy atom. The standard InChI is InChI=1S/C18H18F3N3O3S/c19-13-2-1-3-15(10-13)28(26,27)24-8-6-23(7-9-24)12-18(25)22-17-11-14(20)4-5-16(17)21/h1-5,10-11H,6-9,12H2,(H,22,25). The van der Waals surface area contributed by atoms with E-state index in [1.807, 2.05) is 0 Å². The van der Waals surface area contributed by atoms with Gasteiger partial charge in [0.1, 0.15) is 17.5 Å². The van der Waals surface area contributed by atoms with Gasteiger partial charge >= 0.3 is 0 Å². The third kappa shape index (κ3) is 4.70. The topological polar surface area (TPSA) is 69.7 Å². The van der Waals surface area contributed by atoms with Crippen molar-refractivity contribution in [2.45, 2.75) is 4.90 Å². The van der Waals surface area contributed by atoms with Crippen LogP contribution in [-0.4, -0.2) is 56.3 Å². The third-order valence-electron chi connectivity index (χ3n) is 4.33. The van der Waals surface area contributed by atoms with Crippen LogP contribution in [0.15, 0.2) is 47.4 Å². The van der Waals surface area contributed by atoms with Crippen LogP contribution in [0.4, 0.5) is 18.9 Å². The SMILES string of the molecule is O=C(CN1CCN(S(=O)(=O)c2cccc(F)c2)CC1)Nc1cc(F)ccc1F. The summed E-state index contributed by atoms with van der Waals surface area (Å²) in [6, 6.07) is 7.53. The summed E-state index contributed by atoms with van der Waals surface area (Å²) in [5.74, 6) is -2.60. The molecule has 0 aromatic heterocycles. The molecule has 0 radical (unpaired) electrons. The minimum absolute atomic E-state index is 0.0934. The lowest BCUT2D eigenvalue weighted by Crippen LogP contribution is -2.50. The van der Waals surface area contributed by atoms with Crippen molar-refractivity contribution in [3.63, 3.8) is 0 Å². The average Bonchev–Trinajstić information content (AvgIpc) is 2.65. The highest BCUT2D eigenvalue weighted by molar-refractivity contribution is 7.89. The Hall–Kier alpha value is -2.43.